The third-order valence-electron chi connectivity index (χ3n) is 12.3. The number of carbonyl (C=O) groups is 3. The minimum Gasteiger partial charge on any atom is -0.462 e. The van der Waals surface area contributed by atoms with E-state index in [0.717, 1.165) is 116 Å². The molecule has 0 aliphatic heterocycles. The van der Waals surface area contributed by atoms with Crippen LogP contribution in [0, 0.1) is 0 Å². The summed E-state index contributed by atoms with van der Waals surface area (Å²) >= 11 is 0. The van der Waals surface area contributed by atoms with Gasteiger partial charge < -0.3 is 14.2 Å². The van der Waals surface area contributed by atoms with Crippen molar-refractivity contribution in [2.45, 2.75) is 277 Å². The summed E-state index contributed by atoms with van der Waals surface area (Å²) < 4.78 is 16.8. The molecule has 0 aliphatic carbocycles. The predicted molar refractivity (Wildman–Crippen MR) is 302 cm³/mol. The van der Waals surface area contributed by atoms with Crippen LogP contribution in [-0.2, 0) is 28.6 Å². The van der Waals surface area contributed by atoms with Gasteiger partial charge in [0.2, 0.25) is 0 Å². The molecule has 0 aromatic carbocycles. The zero-order valence-electron chi connectivity index (χ0n) is 45.8. The molecule has 0 amide bonds. The van der Waals surface area contributed by atoms with Crippen LogP contribution in [0.3, 0.4) is 0 Å². The van der Waals surface area contributed by atoms with Gasteiger partial charge in [-0.3, -0.25) is 14.4 Å². The number of allylic oxidation sites excluding steroid dienone is 16. The Bertz CT molecular complexity index is 1400. The topological polar surface area (TPSA) is 78.9 Å². The minimum atomic E-state index is -0.780. The number of hydrogen-bond acceptors (Lipinski definition) is 6. The lowest BCUT2D eigenvalue weighted by Crippen LogP contribution is -2.30. The first-order valence-corrected chi connectivity index (χ1v) is 29.2. The molecule has 0 saturated carbocycles. The van der Waals surface area contributed by atoms with Gasteiger partial charge in [-0.1, -0.05) is 253 Å². The first-order chi connectivity index (χ1) is 34.5. The summed E-state index contributed by atoms with van der Waals surface area (Å²) in [6.45, 7) is 6.36. The third-order valence-corrected chi connectivity index (χ3v) is 12.3. The summed E-state index contributed by atoms with van der Waals surface area (Å²) in [4.78, 5) is 37.9. The van der Waals surface area contributed by atoms with Crippen LogP contribution in [0.25, 0.3) is 0 Å². The summed E-state index contributed by atoms with van der Waals surface area (Å²) in [6, 6.07) is 0. The average Bonchev–Trinajstić information content (AvgIpc) is 3.36. The molecule has 0 rings (SSSR count). The van der Waals surface area contributed by atoms with E-state index in [4.69, 9.17) is 14.2 Å². The Morgan fingerprint density at radius 1 is 0.300 bits per heavy atom. The van der Waals surface area contributed by atoms with Gasteiger partial charge in [-0.15, -0.1) is 0 Å². The van der Waals surface area contributed by atoms with Crippen molar-refractivity contribution >= 4 is 17.9 Å². The highest BCUT2D eigenvalue weighted by Crippen LogP contribution is 2.16. The second-order valence-electron chi connectivity index (χ2n) is 19.1. The molecule has 0 N–H and O–H groups in total. The summed E-state index contributed by atoms with van der Waals surface area (Å²) in [5, 5.41) is 0. The normalized spacial score (nSPS) is 12.8. The molecule has 0 radical (unpaired) electrons. The Morgan fingerprint density at radius 2 is 0.557 bits per heavy atom. The van der Waals surface area contributed by atoms with E-state index >= 15 is 0 Å². The maximum Gasteiger partial charge on any atom is 0.306 e. The first kappa shape index (κ1) is 66.3. The van der Waals surface area contributed by atoms with Gasteiger partial charge >= 0.3 is 17.9 Å². The highest BCUT2D eigenvalue weighted by molar-refractivity contribution is 5.71. The molecule has 0 fully saturated rings. The predicted octanol–water partition coefficient (Wildman–Crippen LogP) is 19.7. The van der Waals surface area contributed by atoms with Crippen LogP contribution in [0.5, 0.6) is 0 Å². The van der Waals surface area contributed by atoms with Gasteiger partial charge in [0.15, 0.2) is 6.10 Å². The average molecular weight is 974 g/mol. The number of rotatable bonds is 52. The van der Waals surface area contributed by atoms with Crippen molar-refractivity contribution in [1.29, 1.82) is 0 Å². The standard InChI is InChI=1S/C64H108O6/c1-4-7-10-13-16-18-20-22-24-26-28-30-31-32-33-35-36-38-40-42-44-46-48-51-54-57-63(66)69-60-61(59-68-62(65)56-53-50-15-12-9-6-3)70-64(67)58-55-52-49-47-45-43-41-39-37-34-29-27-25-23-21-19-17-14-11-8-5-2/h7-8,10-11,16-19,22-25,28-30,34,61H,4-6,9,12-15,20-21,26-27,31-33,35-60H2,1-3H3/b10-7-,11-8-,18-16-,19-17-,24-22-,25-23-,30-28-,34-29-. The van der Waals surface area contributed by atoms with Crippen LogP contribution in [-0.4, -0.2) is 37.2 Å². The second kappa shape index (κ2) is 57.9. The Labute approximate surface area is 432 Å². The van der Waals surface area contributed by atoms with Gasteiger partial charge in [-0.25, -0.2) is 0 Å². The molecule has 1 unspecified atom stereocenters. The first-order valence-electron chi connectivity index (χ1n) is 29.2. The van der Waals surface area contributed by atoms with Crippen LogP contribution in [0.2, 0.25) is 0 Å². The molecule has 70 heavy (non-hydrogen) atoms. The minimum absolute atomic E-state index is 0.0807. The molecule has 6 heteroatoms. The van der Waals surface area contributed by atoms with Gasteiger partial charge in [0, 0.05) is 19.3 Å². The Kier molecular flexibility index (Phi) is 54.9. The maximum absolute atomic E-state index is 12.8. The van der Waals surface area contributed by atoms with Crippen LogP contribution in [0.15, 0.2) is 97.2 Å². The number of carbonyl (C=O) groups excluding carboxylic acids is 3. The van der Waals surface area contributed by atoms with E-state index in [1.54, 1.807) is 0 Å². The summed E-state index contributed by atoms with van der Waals surface area (Å²) in [5.74, 6) is -0.896. The van der Waals surface area contributed by atoms with Crippen LogP contribution in [0.4, 0.5) is 0 Å². The van der Waals surface area contributed by atoms with Gasteiger partial charge in [0.25, 0.3) is 0 Å². The van der Waals surface area contributed by atoms with Crippen molar-refractivity contribution in [3.63, 3.8) is 0 Å². The zero-order valence-corrected chi connectivity index (χ0v) is 45.8. The van der Waals surface area contributed by atoms with Crippen molar-refractivity contribution in [1.82, 2.24) is 0 Å². The number of ether oxygens (including phenoxy) is 3. The Hall–Kier alpha value is -3.67. The molecule has 400 valence electrons. The summed E-state index contributed by atoms with van der Waals surface area (Å²) in [6.07, 6.45) is 77.2. The number of hydrogen-bond donors (Lipinski definition) is 0. The Morgan fingerprint density at radius 3 is 0.871 bits per heavy atom. The van der Waals surface area contributed by atoms with Gasteiger partial charge in [-0.05, 0) is 96.3 Å². The lowest BCUT2D eigenvalue weighted by Gasteiger charge is -2.18. The lowest BCUT2D eigenvalue weighted by atomic mass is 10.0. The van der Waals surface area contributed by atoms with Gasteiger partial charge in [0.05, 0.1) is 0 Å². The molecule has 6 nitrogen and oxygen atoms in total. The molecule has 0 aliphatic rings. The number of esters is 3. The quantitative estimate of drug-likeness (QED) is 0.0262. The van der Waals surface area contributed by atoms with Gasteiger partial charge in [0.1, 0.15) is 13.2 Å². The van der Waals surface area contributed by atoms with Crippen LogP contribution in [0.1, 0.15) is 271 Å². The van der Waals surface area contributed by atoms with Crippen molar-refractivity contribution < 1.29 is 28.6 Å². The van der Waals surface area contributed by atoms with Crippen LogP contribution < -0.4 is 0 Å². The highest BCUT2D eigenvalue weighted by Gasteiger charge is 2.19. The third kappa shape index (κ3) is 55.3. The smallest absolute Gasteiger partial charge is 0.306 e. The SMILES string of the molecule is CC/C=C\C/C=C\C/C=C\C/C=C\CCCCCCCCCCCCCCC(=O)OCC(COC(=O)CCCCCCCC)OC(=O)CCCCCCCCCC/C=C\C/C=C\C/C=C\C/C=C\CC. The lowest BCUT2D eigenvalue weighted by molar-refractivity contribution is -0.167. The fraction of sp³-hybridized carbons (Fsp3) is 0.703. The Balaban J connectivity index is 4.14. The van der Waals surface area contributed by atoms with Crippen molar-refractivity contribution in [2.24, 2.45) is 0 Å². The fourth-order valence-corrected chi connectivity index (χ4v) is 8.01. The second-order valence-corrected chi connectivity index (χ2v) is 19.1. The highest BCUT2D eigenvalue weighted by atomic mass is 16.6. The molecule has 0 aromatic heterocycles. The maximum atomic E-state index is 12.8. The summed E-state index contributed by atoms with van der Waals surface area (Å²) in [7, 11) is 0. The molecular formula is C64H108O6. The molecule has 1 atom stereocenters. The van der Waals surface area contributed by atoms with E-state index in [1.165, 1.54) is 116 Å². The van der Waals surface area contributed by atoms with E-state index < -0.39 is 6.10 Å². The fourth-order valence-electron chi connectivity index (χ4n) is 8.01. The molecule has 0 spiro atoms. The molecule has 0 saturated heterocycles. The molecule has 0 bridgehead atoms. The van der Waals surface area contributed by atoms with Crippen molar-refractivity contribution in [3.05, 3.63) is 97.2 Å². The summed E-state index contributed by atoms with van der Waals surface area (Å²) in [5.41, 5.74) is 0. The van der Waals surface area contributed by atoms with E-state index in [-0.39, 0.29) is 31.1 Å². The monoisotopic (exact) mass is 973 g/mol. The largest absolute Gasteiger partial charge is 0.462 e. The van der Waals surface area contributed by atoms with E-state index in [9.17, 15) is 14.4 Å². The van der Waals surface area contributed by atoms with E-state index in [0.29, 0.717) is 19.3 Å². The van der Waals surface area contributed by atoms with Crippen molar-refractivity contribution in [2.75, 3.05) is 13.2 Å². The van der Waals surface area contributed by atoms with Gasteiger partial charge in [-0.2, -0.15) is 0 Å². The zero-order chi connectivity index (χ0) is 50.7. The molecule has 0 heterocycles. The van der Waals surface area contributed by atoms with Crippen LogP contribution >= 0.6 is 0 Å². The molecular weight excluding hydrogens is 865 g/mol. The van der Waals surface area contributed by atoms with E-state index in [1.807, 2.05) is 0 Å². The number of unbranched alkanes of at least 4 members (excludes halogenated alkanes) is 25. The van der Waals surface area contributed by atoms with Crippen molar-refractivity contribution in [3.8, 4) is 0 Å². The van der Waals surface area contributed by atoms with E-state index in [2.05, 4.69) is 118 Å². The molecule has 0 aromatic rings.